The highest BCUT2D eigenvalue weighted by Crippen LogP contribution is 2.36. The molecule has 16 heavy (non-hydrogen) atoms. The summed E-state index contributed by atoms with van der Waals surface area (Å²) in [7, 11) is 1.34. The van der Waals surface area contributed by atoms with Gasteiger partial charge in [-0.1, -0.05) is 19.9 Å². The zero-order valence-corrected chi connectivity index (χ0v) is 9.63. The van der Waals surface area contributed by atoms with E-state index in [1.807, 2.05) is 13.8 Å². The topological polar surface area (TPSA) is 29.5 Å². The Morgan fingerprint density at radius 3 is 2.44 bits per heavy atom. The molecule has 0 aromatic heterocycles. The summed E-state index contributed by atoms with van der Waals surface area (Å²) in [6, 6.07) is 4.53. The van der Waals surface area contributed by atoms with Crippen LogP contribution < -0.4 is 4.74 Å². The summed E-state index contributed by atoms with van der Waals surface area (Å²) in [6.45, 7) is 2.72. The summed E-state index contributed by atoms with van der Waals surface area (Å²) in [5.74, 6) is -2.91. The number of benzene rings is 1. The van der Waals surface area contributed by atoms with E-state index in [1.165, 1.54) is 13.2 Å². The maximum Gasteiger partial charge on any atom is 0.299 e. The lowest BCUT2D eigenvalue weighted by atomic mass is 9.98. The van der Waals surface area contributed by atoms with E-state index in [9.17, 15) is 8.78 Å². The zero-order valence-electron chi connectivity index (χ0n) is 9.63. The number of hydrogen-bond donors (Lipinski definition) is 1. The maximum atomic E-state index is 13.3. The molecule has 2 nitrogen and oxygen atoms in total. The molecule has 1 N–H and O–H groups in total. The Morgan fingerprint density at radius 2 is 2.00 bits per heavy atom. The summed E-state index contributed by atoms with van der Waals surface area (Å²) < 4.78 is 31.6. The highest BCUT2D eigenvalue weighted by Gasteiger charge is 2.33. The van der Waals surface area contributed by atoms with Crippen LogP contribution in [0, 0.1) is 0 Å². The number of halogens is 2. The zero-order chi connectivity index (χ0) is 12.3. The van der Waals surface area contributed by atoms with E-state index in [-0.39, 0.29) is 17.2 Å². The summed E-state index contributed by atoms with van der Waals surface area (Å²) in [4.78, 5) is 0. The molecule has 0 saturated heterocycles. The third-order valence-corrected chi connectivity index (χ3v) is 2.48. The lowest BCUT2D eigenvalue weighted by Gasteiger charge is -2.18. The van der Waals surface area contributed by atoms with Gasteiger partial charge in [0.15, 0.2) is 0 Å². The highest BCUT2D eigenvalue weighted by molar-refractivity contribution is 5.41. The average molecular weight is 230 g/mol. The first kappa shape index (κ1) is 12.9. The normalized spacial score (nSPS) is 11.9. The average Bonchev–Trinajstić information content (AvgIpc) is 2.28. The molecular weight excluding hydrogens is 214 g/mol. The Balaban J connectivity index is 3.22. The largest absolute Gasteiger partial charge is 0.496 e. The van der Waals surface area contributed by atoms with Gasteiger partial charge in [-0.2, -0.15) is 8.78 Å². The van der Waals surface area contributed by atoms with Crippen molar-refractivity contribution in [2.45, 2.75) is 25.7 Å². The van der Waals surface area contributed by atoms with Crippen molar-refractivity contribution in [2.24, 2.45) is 0 Å². The van der Waals surface area contributed by atoms with Crippen molar-refractivity contribution in [3.05, 3.63) is 29.3 Å². The van der Waals surface area contributed by atoms with Crippen molar-refractivity contribution >= 4 is 0 Å². The summed E-state index contributed by atoms with van der Waals surface area (Å²) in [6.07, 6.45) is 0. The minimum absolute atomic E-state index is 0.116. The second kappa shape index (κ2) is 4.78. The van der Waals surface area contributed by atoms with Gasteiger partial charge < -0.3 is 9.84 Å². The number of aliphatic hydroxyl groups excluding tert-OH is 1. The van der Waals surface area contributed by atoms with Crippen LogP contribution in [-0.2, 0) is 5.92 Å². The quantitative estimate of drug-likeness (QED) is 0.861. The fraction of sp³-hybridized carbons (Fsp3) is 0.500. The van der Waals surface area contributed by atoms with Crippen LogP contribution in [0.15, 0.2) is 18.2 Å². The first-order valence-electron chi connectivity index (χ1n) is 5.09. The van der Waals surface area contributed by atoms with E-state index in [4.69, 9.17) is 9.84 Å². The Bertz CT molecular complexity index is 362. The molecule has 0 saturated carbocycles. The van der Waals surface area contributed by atoms with E-state index >= 15 is 0 Å². The van der Waals surface area contributed by atoms with Gasteiger partial charge in [0.25, 0.3) is 5.92 Å². The summed E-state index contributed by atoms with van der Waals surface area (Å²) in [5, 5.41) is 8.64. The van der Waals surface area contributed by atoms with Crippen LogP contribution in [0.2, 0.25) is 0 Å². The Kier molecular flexibility index (Phi) is 3.86. The second-order valence-corrected chi connectivity index (χ2v) is 3.98. The number of aliphatic hydroxyl groups is 1. The van der Waals surface area contributed by atoms with E-state index in [2.05, 4.69) is 0 Å². The number of alkyl halides is 2. The van der Waals surface area contributed by atoms with E-state index < -0.39 is 12.5 Å². The highest BCUT2D eigenvalue weighted by atomic mass is 19.3. The van der Waals surface area contributed by atoms with Gasteiger partial charge >= 0.3 is 0 Å². The smallest absolute Gasteiger partial charge is 0.299 e. The maximum absolute atomic E-state index is 13.3. The van der Waals surface area contributed by atoms with Crippen molar-refractivity contribution in [3.63, 3.8) is 0 Å². The first-order chi connectivity index (χ1) is 7.42. The third kappa shape index (κ3) is 2.50. The number of methoxy groups -OCH3 is 1. The molecule has 0 aliphatic heterocycles. The minimum atomic E-state index is -3.26. The van der Waals surface area contributed by atoms with Gasteiger partial charge in [0.05, 0.1) is 12.7 Å². The Labute approximate surface area is 93.9 Å². The van der Waals surface area contributed by atoms with Gasteiger partial charge in [-0.15, -0.1) is 0 Å². The molecule has 4 heteroatoms. The molecule has 0 amide bonds. The van der Waals surface area contributed by atoms with Gasteiger partial charge in [-0.25, -0.2) is 0 Å². The molecule has 1 aromatic rings. The fourth-order valence-electron chi connectivity index (χ4n) is 1.45. The Hall–Kier alpha value is -1.16. The first-order valence-corrected chi connectivity index (χ1v) is 5.09. The molecule has 90 valence electrons. The minimum Gasteiger partial charge on any atom is -0.496 e. The van der Waals surface area contributed by atoms with Crippen molar-refractivity contribution in [1.82, 2.24) is 0 Å². The van der Waals surface area contributed by atoms with Crippen molar-refractivity contribution in [2.75, 3.05) is 13.7 Å². The molecule has 0 unspecified atom stereocenters. The number of ether oxygens (including phenoxy) is 1. The third-order valence-electron chi connectivity index (χ3n) is 2.48. The van der Waals surface area contributed by atoms with Crippen LogP contribution in [0.1, 0.15) is 30.9 Å². The second-order valence-electron chi connectivity index (χ2n) is 3.98. The van der Waals surface area contributed by atoms with Gasteiger partial charge in [-0.05, 0) is 23.6 Å². The van der Waals surface area contributed by atoms with E-state index in [1.54, 1.807) is 12.1 Å². The van der Waals surface area contributed by atoms with E-state index in [0.29, 0.717) is 0 Å². The lowest BCUT2D eigenvalue weighted by molar-refractivity contribution is -0.0571. The van der Waals surface area contributed by atoms with Gasteiger partial charge in [-0.3, -0.25) is 0 Å². The van der Waals surface area contributed by atoms with Crippen molar-refractivity contribution in [3.8, 4) is 5.75 Å². The molecule has 0 radical (unpaired) electrons. The van der Waals surface area contributed by atoms with Gasteiger partial charge in [0.2, 0.25) is 0 Å². The van der Waals surface area contributed by atoms with Crippen LogP contribution in [0.3, 0.4) is 0 Å². The molecule has 0 aliphatic carbocycles. The Morgan fingerprint density at radius 1 is 1.38 bits per heavy atom. The molecular formula is C12H16F2O2. The molecule has 0 bridgehead atoms. The van der Waals surface area contributed by atoms with Gasteiger partial charge in [0.1, 0.15) is 12.4 Å². The van der Waals surface area contributed by atoms with Crippen LogP contribution in [0.4, 0.5) is 8.78 Å². The predicted octanol–water partition coefficient (Wildman–Crippen LogP) is 2.90. The van der Waals surface area contributed by atoms with Gasteiger partial charge in [0, 0.05) is 0 Å². The summed E-state index contributed by atoms with van der Waals surface area (Å²) >= 11 is 0. The van der Waals surface area contributed by atoms with Crippen LogP contribution in [0.5, 0.6) is 5.75 Å². The fourth-order valence-corrected chi connectivity index (χ4v) is 1.45. The molecule has 0 fully saturated rings. The standard InChI is InChI=1S/C12H16F2O2/c1-8(2)9-4-5-10(11(6-9)16-3)12(13,14)7-15/h4-6,8,15H,7H2,1-3H3. The van der Waals surface area contributed by atoms with Crippen molar-refractivity contribution < 1.29 is 18.6 Å². The molecule has 0 aliphatic rings. The number of rotatable bonds is 4. The summed E-state index contributed by atoms with van der Waals surface area (Å²) in [5.41, 5.74) is 0.649. The van der Waals surface area contributed by atoms with Crippen molar-refractivity contribution in [1.29, 1.82) is 0 Å². The van der Waals surface area contributed by atoms with Crippen LogP contribution in [-0.4, -0.2) is 18.8 Å². The molecule has 0 atom stereocenters. The SMILES string of the molecule is COc1cc(C(C)C)ccc1C(F)(F)CO. The number of hydrogen-bond acceptors (Lipinski definition) is 2. The molecule has 1 aromatic carbocycles. The van der Waals surface area contributed by atoms with Crippen LogP contribution >= 0.6 is 0 Å². The predicted molar refractivity (Wildman–Crippen MR) is 58.1 cm³/mol. The molecule has 0 spiro atoms. The van der Waals surface area contributed by atoms with E-state index in [0.717, 1.165) is 5.56 Å². The monoisotopic (exact) mass is 230 g/mol. The molecule has 1 rings (SSSR count). The molecule has 0 heterocycles. The van der Waals surface area contributed by atoms with Crippen LogP contribution in [0.25, 0.3) is 0 Å². The lowest BCUT2D eigenvalue weighted by Crippen LogP contribution is -2.19.